The van der Waals surface area contributed by atoms with E-state index in [1.165, 1.54) is 18.4 Å². The van der Waals surface area contributed by atoms with Crippen molar-refractivity contribution in [2.45, 2.75) is 38.5 Å². The standard InChI is InChI=1S/C18H16Cl2O4/c19-14-12(24-17(23)16(21)22)6-10-8-18-5-1-2-9(7-18)3-4-11(18)13(10)15(14)20/h4,6,9H,1-3,5,7-8H2,(H,21,22). The van der Waals surface area contributed by atoms with Crippen molar-refractivity contribution in [3.63, 3.8) is 0 Å². The average Bonchev–Trinajstić information content (AvgIpc) is 2.83. The Bertz CT molecular complexity index is 799. The van der Waals surface area contributed by atoms with Crippen LogP contribution in [0.15, 0.2) is 12.1 Å². The Kier molecular flexibility index (Phi) is 3.66. The fourth-order valence-electron chi connectivity index (χ4n) is 4.72. The van der Waals surface area contributed by atoms with Crippen LogP contribution in [0.3, 0.4) is 0 Å². The lowest BCUT2D eigenvalue weighted by molar-refractivity contribution is -0.158. The third-order valence-electron chi connectivity index (χ3n) is 5.60. The molecule has 2 bridgehead atoms. The smallest absolute Gasteiger partial charge is 0.422 e. The third-order valence-corrected chi connectivity index (χ3v) is 6.45. The van der Waals surface area contributed by atoms with Gasteiger partial charge in [0.25, 0.3) is 0 Å². The molecule has 6 heteroatoms. The monoisotopic (exact) mass is 366 g/mol. The molecule has 2 unspecified atom stereocenters. The quantitative estimate of drug-likeness (QED) is 0.451. The first-order chi connectivity index (χ1) is 11.4. The Labute approximate surface area is 149 Å². The summed E-state index contributed by atoms with van der Waals surface area (Å²) in [4.78, 5) is 22.1. The number of rotatable bonds is 1. The van der Waals surface area contributed by atoms with Crippen molar-refractivity contribution in [2.75, 3.05) is 0 Å². The minimum atomic E-state index is -1.66. The number of carbonyl (C=O) groups excluding carboxylic acids is 1. The Balaban J connectivity index is 1.79. The van der Waals surface area contributed by atoms with Gasteiger partial charge in [0, 0.05) is 5.56 Å². The second kappa shape index (κ2) is 5.50. The zero-order valence-corrected chi connectivity index (χ0v) is 14.4. The normalized spacial score (nSPS) is 27.1. The number of fused-ring (bicyclic) bond motifs is 3. The highest BCUT2D eigenvalue weighted by molar-refractivity contribution is 6.44. The Morgan fingerprint density at radius 1 is 1.29 bits per heavy atom. The summed E-state index contributed by atoms with van der Waals surface area (Å²) < 4.78 is 4.89. The van der Waals surface area contributed by atoms with Gasteiger partial charge < -0.3 is 9.84 Å². The van der Waals surface area contributed by atoms with Gasteiger partial charge in [0.05, 0.1) is 5.02 Å². The lowest BCUT2D eigenvalue weighted by Crippen LogP contribution is -2.31. The van der Waals surface area contributed by atoms with E-state index in [2.05, 4.69) is 6.08 Å². The van der Waals surface area contributed by atoms with Gasteiger partial charge in [-0.2, -0.15) is 0 Å². The zero-order chi connectivity index (χ0) is 17.1. The van der Waals surface area contributed by atoms with Crippen molar-refractivity contribution < 1.29 is 19.4 Å². The maximum Gasteiger partial charge on any atom is 0.422 e. The topological polar surface area (TPSA) is 63.6 Å². The van der Waals surface area contributed by atoms with Crippen LogP contribution in [0.5, 0.6) is 5.75 Å². The van der Waals surface area contributed by atoms with Gasteiger partial charge in [-0.3, -0.25) is 0 Å². The third kappa shape index (κ3) is 2.27. The van der Waals surface area contributed by atoms with Gasteiger partial charge in [-0.05, 0) is 54.2 Å². The molecular weight excluding hydrogens is 351 g/mol. The van der Waals surface area contributed by atoms with Crippen LogP contribution < -0.4 is 4.74 Å². The van der Waals surface area contributed by atoms with Crippen LogP contribution in [0.25, 0.3) is 5.57 Å². The number of ether oxygens (including phenoxy) is 1. The SMILES string of the molecule is O=C(O)C(=O)Oc1cc2c(c(Cl)c1Cl)C1=CCC3CCCC1(C2)C3. The Hall–Kier alpha value is -1.52. The van der Waals surface area contributed by atoms with Crippen molar-refractivity contribution in [3.05, 3.63) is 33.3 Å². The lowest BCUT2D eigenvalue weighted by Gasteiger charge is -2.42. The summed E-state index contributed by atoms with van der Waals surface area (Å²) in [5.74, 6) is -2.27. The first kappa shape index (κ1) is 16.0. The fourth-order valence-corrected chi connectivity index (χ4v) is 5.23. The fraction of sp³-hybridized carbons (Fsp3) is 0.444. The molecule has 0 saturated heterocycles. The molecule has 0 heterocycles. The van der Waals surface area contributed by atoms with Crippen LogP contribution in [0, 0.1) is 11.3 Å². The number of carboxylic acids is 1. The summed E-state index contributed by atoms with van der Waals surface area (Å²) in [5, 5.41) is 9.18. The van der Waals surface area contributed by atoms with Crippen molar-refractivity contribution in [3.8, 4) is 5.75 Å². The molecule has 4 rings (SSSR count). The van der Waals surface area contributed by atoms with E-state index in [0.29, 0.717) is 5.02 Å². The molecule has 0 amide bonds. The van der Waals surface area contributed by atoms with Crippen LogP contribution in [0.1, 0.15) is 43.2 Å². The molecule has 1 spiro atoms. The van der Waals surface area contributed by atoms with Crippen molar-refractivity contribution in [1.29, 1.82) is 0 Å². The molecule has 4 nitrogen and oxygen atoms in total. The number of carboxylic acid groups (broad SMARTS) is 1. The van der Waals surface area contributed by atoms with E-state index in [1.54, 1.807) is 6.07 Å². The van der Waals surface area contributed by atoms with E-state index >= 15 is 0 Å². The number of hydrogen-bond acceptors (Lipinski definition) is 3. The predicted octanol–water partition coefficient (Wildman–Crippen LogP) is 4.50. The predicted molar refractivity (Wildman–Crippen MR) is 90.4 cm³/mol. The molecule has 24 heavy (non-hydrogen) atoms. The van der Waals surface area contributed by atoms with Gasteiger partial charge in [0.15, 0.2) is 5.75 Å². The van der Waals surface area contributed by atoms with Gasteiger partial charge in [-0.15, -0.1) is 0 Å². The molecule has 1 saturated carbocycles. The molecule has 0 aliphatic heterocycles. The number of hydrogen-bond donors (Lipinski definition) is 1. The molecule has 1 aromatic rings. The van der Waals surface area contributed by atoms with E-state index in [0.717, 1.165) is 42.7 Å². The Morgan fingerprint density at radius 3 is 2.83 bits per heavy atom. The maximum absolute atomic E-state index is 11.4. The largest absolute Gasteiger partial charge is 0.473 e. The molecule has 0 radical (unpaired) electrons. The number of allylic oxidation sites excluding steroid dienone is 2. The number of esters is 1. The number of aliphatic carboxylic acids is 1. The number of benzene rings is 1. The summed E-state index contributed by atoms with van der Waals surface area (Å²) in [5.41, 5.74) is 3.34. The lowest BCUT2D eigenvalue weighted by atomic mass is 9.62. The van der Waals surface area contributed by atoms with E-state index in [9.17, 15) is 9.59 Å². The molecule has 1 fully saturated rings. The van der Waals surface area contributed by atoms with Crippen LogP contribution in [0.2, 0.25) is 10.0 Å². The first-order valence-electron chi connectivity index (χ1n) is 8.08. The molecule has 3 aliphatic rings. The Morgan fingerprint density at radius 2 is 2.08 bits per heavy atom. The van der Waals surface area contributed by atoms with Gasteiger partial charge in [0.1, 0.15) is 5.02 Å². The minimum Gasteiger partial charge on any atom is -0.473 e. The number of halogens is 2. The summed E-state index contributed by atoms with van der Waals surface area (Å²) >= 11 is 12.7. The van der Waals surface area contributed by atoms with Crippen LogP contribution >= 0.6 is 23.2 Å². The average molecular weight is 367 g/mol. The summed E-state index contributed by atoms with van der Waals surface area (Å²) in [6.07, 6.45) is 8.98. The summed E-state index contributed by atoms with van der Waals surface area (Å²) in [6.45, 7) is 0. The minimum absolute atomic E-state index is 0.0239. The summed E-state index contributed by atoms with van der Waals surface area (Å²) in [7, 11) is 0. The summed E-state index contributed by atoms with van der Waals surface area (Å²) in [6, 6.07) is 1.68. The highest BCUT2D eigenvalue weighted by Crippen LogP contribution is 2.61. The molecule has 2 atom stereocenters. The number of carbonyl (C=O) groups is 2. The maximum atomic E-state index is 11.4. The van der Waals surface area contributed by atoms with Gasteiger partial charge in [-0.1, -0.05) is 42.1 Å². The molecule has 0 aromatic heterocycles. The van der Waals surface area contributed by atoms with Gasteiger partial charge in [-0.25, -0.2) is 9.59 Å². The highest BCUT2D eigenvalue weighted by atomic mass is 35.5. The van der Waals surface area contributed by atoms with E-state index < -0.39 is 11.9 Å². The van der Waals surface area contributed by atoms with Crippen LogP contribution in [-0.2, 0) is 16.0 Å². The molecule has 126 valence electrons. The van der Waals surface area contributed by atoms with E-state index in [1.807, 2.05) is 0 Å². The molecule has 3 aliphatic carbocycles. The second-order valence-electron chi connectivity index (χ2n) is 7.00. The molecular formula is C18H16Cl2O4. The zero-order valence-electron chi connectivity index (χ0n) is 12.9. The van der Waals surface area contributed by atoms with Gasteiger partial charge >= 0.3 is 11.9 Å². The first-order valence-corrected chi connectivity index (χ1v) is 8.84. The van der Waals surface area contributed by atoms with E-state index in [4.69, 9.17) is 33.0 Å². The van der Waals surface area contributed by atoms with Gasteiger partial charge in [0.2, 0.25) is 0 Å². The van der Waals surface area contributed by atoms with E-state index in [-0.39, 0.29) is 16.2 Å². The van der Waals surface area contributed by atoms with Crippen LogP contribution in [-0.4, -0.2) is 17.0 Å². The van der Waals surface area contributed by atoms with Crippen molar-refractivity contribution in [1.82, 2.24) is 0 Å². The molecule has 1 N–H and O–H groups in total. The molecule has 1 aromatic carbocycles. The second-order valence-corrected chi connectivity index (χ2v) is 7.76. The van der Waals surface area contributed by atoms with Crippen LogP contribution in [0.4, 0.5) is 0 Å². The van der Waals surface area contributed by atoms with Crippen molar-refractivity contribution >= 4 is 40.7 Å². The highest BCUT2D eigenvalue weighted by Gasteiger charge is 2.48. The van der Waals surface area contributed by atoms with Crippen molar-refractivity contribution in [2.24, 2.45) is 11.3 Å².